The lowest BCUT2D eigenvalue weighted by Gasteiger charge is -2.39. The van der Waals surface area contributed by atoms with Gasteiger partial charge >= 0.3 is 0 Å². The van der Waals surface area contributed by atoms with Gasteiger partial charge in [-0.15, -0.1) is 0 Å². The maximum absolute atomic E-state index is 10.4. The predicted octanol–water partition coefficient (Wildman–Crippen LogP) is 18.8. The number of H-pyrrole nitrogens is 5. The second-order valence-corrected chi connectivity index (χ2v) is 30.0. The summed E-state index contributed by atoms with van der Waals surface area (Å²) in [7, 11) is 0. The van der Waals surface area contributed by atoms with Crippen LogP contribution in [-0.4, -0.2) is 57.6 Å². The topological polar surface area (TPSA) is 264 Å². The van der Waals surface area contributed by atoms with Crippen molar-refractivity contribution in [1.82, 2.24) is 0 Å². The van der Waals surface area contributed by atoms with Crippen LogP contribution in [-0.2, 0) is 86.8 Å². The van der Waals surface area contributed by atoms with E-state index in [1.165, 1.54) is 89.0 Å². The number of nitrogens with one attached hydrogen (secondary N) is 5. The zero-order valence-electron chi connectivity index (χ0n) is 69.8. The van der Waals surface area contributed by atoms with E-state index < -0.39 is 31.5 Å². The highest BCUT2D eigenvalue weighted by Crippen LogP contribution is 2.67. The van der Waals surface area contributed by atoms with Crippen molar-refractivity contribution in [2.75, 3.05) is 19.8 Å². The largest absolute Gasteiger partial charge is 0.502 e. The van der Waals surface area contributed by atoms with Gasteiger partial charge in [-0.2, -0.15) is 0 Å². The molecule has 10 N–H and O–H groups in total. The molecule has 110 heavy (non-hydrogen) atoms. The van der Waals surface area contributed by atoms with Crippen LogP contribution in [0.2, 0.25) is 0 Å². The first-order valence-corrected chi connectivity index (χ1v) is 38.9. The molecule has 614 valence electrons. The summed E-state index contributed by atoms with van der Waals surface area (Å²) in [5, 5.41) is 50.9. The summed E-state index contributed by atoms with van der Waals surface area (Å²) in [5.74, 6) is 2.04. The average molecular weight is 1530 g/mol. The van der Waals surface area contributed by atoms with Crippen molar-refractivity contribution in [3.05, 3.63) is 212 Å². The van der Waals surface area contributed by atoms with E-state index in [1.807, 2.05) is 89.9 Å². The Morgan fingerprint density at radius 3 is 1.31 bits per heavy atom. The third kappa shape index (κ3) is 24.5. The van der Waals surface area contributed by atoms with Gasteiger partial charge in [0.15, 0.2) is 91.2 Å². The van der Waals surface area contributed by atoms with Crippen LogP contribution in [0.25, 0.3) is 0 Å². The minimum Gasteiger partial charge on any atom is -0.502 e. The van der Waals surface area contributed by atoms with E-state index in [0.29, 0.717) is 58.3 Å². The Morgan fingerprint density at radius 1 is 0.464 bits per heavy atom. The number of aromatic nitrogens is 5. The molecular weight excluding hydrogens is 1390 g/mol. The number of aromatic amines is 5. The van der Waals surface area contributed by atoms with Crippen LogP contribution in [0, 0.1) is 88.5 Å². The molecule has 2 saturated carbocycles. The summed E-state index contributed by atoms with van der Waals surface area (Å²) in [6.07, 6.45) is 39.9. The van der Waals surface area contributed by atoms with Gasteiger partial charge < -0.3 is 110 Å². The van der Waals surface area contributed by atoms with Crippen molar-refractivity contribution in [3.8, 4) is 28.7 Å². The first-order chi connectivity index (χ1) is 50.7. The molecule has 0 saturated heterocycles. The molecule has 7 aliphatic rings. The molecule has 0 spiro atoms. The smallest absolute Gasteiger partial charge is 0.219 e. The van der Waals surface area contributed by atoms with E-state index in [0.717, 1.165) is 135 Å². The molecule has 9 atom stereocenters. The fraction of sp³-hybridized carbons (Fsp3) is 0.556. The number of rotatable bonds is 30. The molecule has 0 amide bonds. The summed E-state index contributed by atoms with van der Waals surface area (Å²) in [6, 6.07) is 10.3. The van der Waals surface area contributed by atoms with E-state index in [-0.39, 0.29) is 83.5 Å². The lowest BCUT2D eigenvalue weighted by Crippen LogP contribution is -2.37. The second kappa shape index (κ2) is 46.9. The number of unbranched alkanes of at least 4 members (excludes halogenated alkanes) is 10. The quantitative estimate of drug-likeness (QED) is 0.0159. The Balaban J connectivity index is 0.000000287. The average Bonchev–Trinajstić information content (AvgIpc) is 1.55. The Morgan fingerprint density at radius 2 is 0.864 bits per heavy atom. The number of hydrogen-bond donors (Lipinski definition) is 5. The van der Waals surface area contributed by atoms with Gasteiger partial charge in [0.25, 0.3) is 0 Å². The van der Waals surface area contributed by atoms with Gasteiger partial charge in [0.05, 0.1) is 121 Å². The summed E-state index contributed by atoms with van der Waals surface area (Å²) in [6.45, 7) is 29.2. The maximum Gasteiger partial charge on any atom is 0.219 e. The zero-order valence-corrected chi connectivity index (χ0v) is 69.8. The Bertz CT molecular complexity index is 3780. The summed E-state index contributed by atoms with van der Waals surface area (Å²) < 4.78 is 57.9. The number of hydrogen-bond acceptors (Lipinski definition) is 15. The molecule has 1 aromatic carbocycles. The van der Waals surface area contributed by atoms with Crippen molar-refractivity contribution in [3.63, 3.8) is 0 Å². The first kappa shape index (κ1) is 95.4. The lowest BCUT2D eigenvalue weighted by atomic mass is 9.70. The van der Waals surface area contributed by atoms with E-state index >= 15 is 0 Å². The van der Waals surface area contributed by atoms with Crippen LogP contribution in [0.4, 0.5) is 0 Å². The fourth-order valence-corrected chi connectivity index (χ4v) is 15.1. The number of allylic oxidation sites excluding steroid dienone is 2. The molecule has 2 aliphatic carbocycles. The standard InChI is InChI=1S/C18H25NO3.C18H29NO3.C18H27NO3.C17H19NO3.C14H19NO3.5CH3/c1-10-15(20)14-11(8-19-10)9-21-16(14)22-13-7-12-5-6-18(13,4)17(12,2)3;1-4-5-6-7-8-9-10-13(2)22-18-16-15(12-21-18)11-19-14(3)17(16)20;1-3-4-5-6-7-8-9-10-11-21-18-16-15(13-22-18)12-19-14(2)17(16)20;1-12-16(19)15-14(10-18-12)11-21-17(15)20-9-5-8-13-6-3-2-4-7-13;1-3-4-5-6-7-17-14-12-11(9-18-14)8-15-10(2)13(12)16;;;;;/h8,12-13,16,20H,5-7,9H2,1-4H3;11,13,18,20H,4-10,12H2,1-3H3;9-10,12,18,20H,3-8,11,13H2,1-2H3;2-4,6-7,10,17,19H,5,8-9,11H2,1H3;4-5,8,14,16H,3,6-7,9H2,1-2H3;5*1H3/q;;;;;5*-1/p+5/b;;10-9+;;5-4-;;;;;. The van der Waals surface area contributed by atoms with E-state index in [2.05, 4.69) is 104 Å². The number of fused-ring (bicyclic) bond motifs is 7. The third-order valence-electron chi connectivity index (χ3n) is 22.2. The predicted molar refractivity (Wildman–Crippen MR) is 429 cm³/mol. The van der Waals surface area contributed by atoms with Gasteiger partial charge in [0.1, 0.15) is 0 Å². The fourth-order valence-electron chi connectivity index (χ4n) is 15.1. The van der Waals surface area contributed by atoms with Gasteiger partial charge in [-0.3, -0.25) is 0 Å². The van der Waals surface area contributed by atoms with Crippen LogP contribution < -0.4 is 24.9 Å². The number of aromatic hydroxyl groups is 5. The highest BCUT2D eigenvalue weighted by Gasteiger charge is 2.62. The molecule has 20 nitrogen and oxygen atoms in total. The minimum absolute atomic E-state index is 0. The maximum atomic E-state index is 10.4. The van der Waals surface area contributed by atoms with Gasteiger partial charge in [-0.25, -0.2) is 24.9 Å². The molecule has 2 bridgehead atoms. The normalized spacial score (nSPS) is 21.1. The van der Waals surface area contributed by atoms with Crippen LogP contribution in [0.15, 0.2) is 85.6 Å². The highest BCUT2D eigenvalue weighted by molar-refractivity contribution is 5.44. The van der Waals surface area contributed by atoms with Crippen molar-refractivity contribution < 1.29 is 97.8 Å². The highest BCUT2D eigenvalue weighted by atomic mass is 16.7. The van der Waals surface area contributed by atoms with Crippen LogP contribution in [0.5, 0.6) is 28.7 Å². The van der Waals surface area contributed by atoms with Gasteiger partial charge in [-0.1, -0.05) is 160 Å². The molecule has 10 heterocycles. The van der Waals surface area contributed by atoms with Crippen LogP contribution in [0.3, 0.4) is 0 Å². The lowest BCUT2D eigenvalue weighted by molar-refractivity contribution is -0.389. The summed E-state index contributed by atoms with van der Waals surface area (Å²) >= 11 is 0. The Labute approximate surface area is 660 Å². The van der Waals surface area contributed by atoms with E-state index in [9.17, 15) is 25.5 Å². The van der Waals surface area contributed by atoms with Gasteiger partial charge in [-0.05, 0) is 93.4 Å². The molecule has 5 aromatic heterocycles. The number of ether oxygens (including phenoxy) is 10. The first-order valence-electron chi connectivity index (χ1n) is 38.9. The Hall–Kier alpha value is -6.95. The third-order valence-corrected chi connectivity index (χ3v) is 22.2. The molecule has 2 fully saturated rings. The molecule has 13 rings (SSSR count). The van der Waals surface area contributed by atoms with Gasteiger partial charge in [0.2, 0.25) is 28.5 Å². The van der Waals surface area contributed by atoms with Crippen molar-refractivity contribution in [2.24, 2.45) is 16.7 Å². The van der Waals surface area contributed by atoms with Crippen molar-refractivity contribution >= 4 is 0 Å². The molecule has 6 aromatic rings. The molecule has 20 heteroatoms. The minimum atomic E-state index is -0.461. The van der Waals surface area contributed by atoms with E-state index in [1.54, 1.807) is 0 Å². The summed E-state index contributed by atoms with van der Waals surface area (Å²) in [5.41, 5.74) is 14.4. The monoisotopic (exact) mass is 1530 g/mol. The SMILES string of the molecule is CC/C=C\CCOC1OCc2c[nH+]c(C)c(O)c21.CCCCCCC/C=C/COC1OCc2c[nH+]c(C)c(O)c21.CCCCCCCCC(C)OC1OCc2c[nH+]c(C)c(O)c21.Cc1[nH+]cc2c(c1O)C(OC1CC3CCC1(C)C3(C)C)OC2.Cc1[nH+]cc2c(c1O)C(OCCCc1ccccc1)OC2.[CH3-].[CH3-].[CH3-].[CH3-].[CH3-]. The van der Waals surface area contributed by atoms with Gasteiger partial charge in [0, 0.05) is 34.6 Å². The Kier molecular flexibility index (Phi) is 40.7. The number of pyridine rings is 5. The zero-order chi connectivity index (χ0) is 75.0. The van der Waals surface area contributed by atoms with Crippen molar-refractivity contribution in [2.45, 2.75) is 288 Å². The molecule has 0 radical (unpaired) electrons. The molecule has 9 unspecified atom stereocenters. The van der Waals surface area contributed by atoms with Crippen molar-refractivity contribution in [1.29, 1.82) is 0 Å². The number of benzene rings is 1. The second-order valence-electron chi connectivity index (χ2n) is 30.0. The summed E-state index contributed by atoms with van der Waals surface area (Å²) in [4.78, 5) is 15.2. The van der Waals surface area contributed by atoms with Crippen LogP contribution >= 0.6 is 0 Å². The number of aryl methyl sites for hydroxylation is 6. The van der Waals surface area contributed by atoms with E-state index in [4.69, 9.17) is 47.4 Å². The molecule has 5 aliphatic heterocycles. The van der Waals surface area contributed by atoms with Crippen LogP contribution in [0.1, 0.15) is 292 Å². The molecular formula is C90H139N5O15.